The molecular formula is C13H11BrN2O2. The summed E-state index contributed by atoms with van der Waals surface area (Å²) in [6.45, 7) is 0.590. The Kier molecular flexibility index (Phi) is 2.70. The summed E-state index contributed by atoms with van der Waals surface area (Å²) < 4.78 is 0. The topological polar surface area (TPSA) is 53.2 Å². The van der Waals surface area contributed by atoms with E-state index in [0.717, 1.165) is 5.52 Å². The van der Waals surface area contributed by atoms with E-state index in [-0.39, 0.29) is 16.2 Å². The number of para-hydroxylation sites is 1. The number of pyridine rings is 1. The zero-order valence-electron chi connectivity index (χ0n) is 9.52. The van der Waals surface area contributed by atoms with E-state index in [2.05, 4.69) is 20.9 Å². The maximum Gasteiger partial charge on any atom is 0.229 e. The molecule has 1 fully saturated rings. The number of carbonyl (C=O) groups is 1. The molecular weight excluding hydrogens is 296 g/mol. The van der Waals surface area contributed by atoms with E-state index in [1.165, 1.54) is 6.07 Å². The number of amides is 1. The normalized spacial score (nSPS) is 19.7. The first-order valence-electron chi connectivity index (χ1n) is 5.71. The Hall–Kier alpha value is -1.62. The van der Waals surface area contributed by atoms with Crippen molar-refractivity contribution in [2.45, 2.75) is 11.2 Å². The Morgan fingerprint density at radius 3 is 2.78 bits per heavy atom. The number of alkyl halides is 1. The molecule has 2 heterocycles. The van der Waals surface area contributed by atoms with Crippen LogP contribution in [0.2, 0.25) is 0 Å². The van der Waals surface area contributed by atoms with Gasteiger partial charge in [-0.2, -0.15) is 0 Å². The summed E-state index contributed by atoms with van der Waals surface area (Å²) >= 11 is 3.43. The summed E-state index contributed by atoms with van der Waals surface area (Å²) in [5, 5.41) is 0.642. The molecule has 18 heavy (non-hydrogen) atoms. The summed E-state index contributed by atoms with van der Waals surface area (Å²) in [4.78, 5) is 28.7. The van der Waals surface area contributed by atoms with Crippen molar-refractivity contribution in [3.05, 3.63) is 40.6 Å². The lowest BCUT2D eigenvalue weighted by Gasteiger charge is -2.16. The monoisotopic (exact) mass is 306 g/mol. The van der Waals surface area contributed by atoms with Crippen LogP contribution in [0.3, 0.4) is 0 Å². The van der Waals surface area contributed by atoms with Crippen molar-refractivity contribution in [1.29, 1.82) is 0 Å². The van der Waals surface area contributed by atoms with Crippen molar-refractivity contribution in [2.24, 2.45) is 0 Å². The van der Waals surface area contributed by atoms with Crippen LogP contribution in [-0.2, 0) is 4.79 Å². The molecule has 5 heteroatoms. The Balaban J connectivity index is 2.14. The van der Waals surface area contributed by atoms with Gasteiger partial charge in [0, 0.05) is 29.2 Å². The molecule has 1 saturated heterocycles. The van der Waals surface area contributed by atoms with E-state index in [9.17, 15) is 9.59 Å². The molecule has 1 amide bonds. The number of fused-ring (bicyclic) bond motifs is 1. The Morgan fingerprint density at radius 1 is 1.28 bits per heavy atom. The Bertz CT molecular complexity index is 680. The van der Waals surface area contributed by atoms with Crippen LogP contribution in [0.4, 0.5) is 5.82 Å². The van der Waals surface area contributed by atoms with Crippen LogP contribution in [0, 0.1) is 0 Å². The van der Waals surface area contributed by atoms with E-state index in [0.29, 0.717) is 24.2 Å². The Morgan fingerprint density at radius 2 is 2.06 bits per heavy atom. The van der Waals surface area contributed by atoms with Crippen molar-refractivity contribution in [3.8, 4) is 0 Å². The van der Waals surface area contributed by atoms with Gasteiger partial charge in [0.05, 0.1) is 5.52 Å². The minimum Gasteiger partial charge on any atom is -0.341 e. The summed E-state index contributed by atoms with van der Waals surface area (Å²) in [6.07, 6.45) is 0.467. The van der Waals surface area contributed by atoms with Crippen molar-refractivity contribution in [2.75, 3.05) is 11.4 Å². The second-order valence-corrected chi connectivity index (χ2v) is 5.67. The van der Waals surface area contributed by atoms with Crippen LogP contribution in [0.1, 0.15) is 6.42 Å². The van der Waals surface area contributed by atoms with Crippen molar-refractivity contribution < 1.29 is 4.79 Å². The highest BCUT2D eigenvalue weighted by Gasteiger charge is 2.29. The third kappa shape index (κ3) is 1.84. The van der Waals surface area contributed by atoms with Crippen LogP contribution in [0.15, 0.2) is 35.1 Å². The number of halogens is 1. The highest BCUT2D eigenvalue weighted by atomic mass is 79.9. The highest BCUT2D eigenvalue weighted by molar-refractivity contribution is 9.09. The maximum atomic E-state index is 12.0. The number of aromatic nitrogens is 1. The van der Waals surface area contributed by atoms with Gasteiger partial charge < -0.3 is 4.98 Å². The molecule has 1 aliphatic rings. The lowest BCUT2D eigenvalue weighted by molar-refractivity contribution is -0.117. The van der Waals surface area contributed by atoms with Gasteiger partial charge in [0.2, 0.25) is 5.91 Å². The molecule has 1 N–H and O–H groups in total. The van der Waals surface area contributed by atoms with Gasteiger partial charge in [-0.1, -0.05) is 28.1 Å². The van der Waals surface area contributed by atoms with E-state index in [1.54, 1.807) is 11.0 Å². The number of hydrogen-bond acceptors (Lipinski definition) is 2. The fourth-order valence-corrected chi connectivity index (χ4v) is 2.79. The molecule has 1 unspecified atom stereocenters. The zero-order chi connectivity index (χ0) is 12.7. The first-order chi connectivity index (χ1) is 8.65. The van der Waals surface area contributed by atoms with Crippen molar-refractivity contribution >= 4 is 38.6 Å². The summed E-state index contributed by atoms with van der Waals surface area (Å²) in [6, 6.07) is 8.79. The van der Waals surface area contributed by atoms with E-state index >= 15 is 0 Å². The van der Waals surface area contributed by atoms with Crippen LogP contribution in [0.5, 0.6) is 0 Å². The highest BCUT2D eigenvalue weighted by Crippen LogP contribution is 2.23. The minimum absolute atomic E-state index is 0.0304. The lowest BCUT2D eigenvalue weighted by atomic mass is 10.2. The average molecular weight is 307 g/mol. The second-order valence-electron chi connectivity index (χ2n) is 4.37. The number of anilines is 1. The maximum absolute atomic E-state index is 12.0. The third-order valence-corrected chi connectivity index (χ3v) is 3.71. The van der Waals surface area contributed by atoms with Crippen LogP contribution >= 0.6 is 15.9 Å². The lowest BCUT2D eigenvalue weighted by Crippen LogP contribution is -2.26. The second kappa shape index (κ2) is 4.24. The average Bonchev–Trinajstić information content (AvgIpc) is 2.68. The van der Waals surface area contributed by atoms with Gasteiger partial charge in [-0.15, -0.1) is 0 Å². The standard InChI is InChI=1S/C13H11BrN2O2/c14-8-5-13(18)16(7-8)12-6-11(17)9-3-1-2-4-10(9)15-12/h1-4,6,8H,5,7H2,(H,15,17). The third-order valence-electron chi connectivity index (χ3n) is 3.09. The number of carbonyl (C=O) groups excluding carboxylic acids is 1. The van der Waals surface area contributed by atoms with Gasteiger partial charge in [0.15, 0.2) is 5.43 Å². The van der Waals surface area contributed by atoms with Crippen molar-refractivity contribution in [1.82, 2.24) is 4.98 Å². The number of benzene rings is 1. The number of hydrogen-bond donors (Lipinski definition) is 1. The molecule has 3 rings (SSSR count). The van der Waals surface area contributed by atoms with Gasteiger partial charge in [-0.05, 0) is 12.1 Å². The predicted octanol–water partition coefficient (Wildman–Crippen LogP) is 2.03. The molecule has 1 aromatic carbocycles. The number of rotatable bonds is 1. The van der Waals surface area contributed by atoms with E-state index in [1.807, 2.05) is 18.2 Å². The van der Waals surface area contributed by atoms with Crippen molar-refractivity contribution in [3.63, 3.8) is 0 Å². The number of nitrogens with one attached hydrogen (secondary N) is 1. The first kappa shape index (κ1) is 11.5. The molecule has 1 atom stereocenters. The van der Waals surface area contributed by atoms with Crippen LogP contribution in [-0.4, -0.2) is 22.3 Å². The molecule has 0 bridgehead atoms. The molecule has 92 valence electrons. The number of H-pyrrole nitrogens is 1. The van der Waals surface area contributed by atoms with Gasteiger partial charge in [-0.3, -0.25) is 14.5 Å². The van der Waals surface area contributed by atoms with Gasteiger partial charge in [-0.25, -0.2) is 0 Å². The first-order valence-corrected chi connectivity index (χ1v) is 6.63. The van der Waals surface area contributed by atoms with E-state index in [4.69, 9.17) is 0 Å². The molecule has 0 saturated carbocycles. The fraction of sp³-hybridized carbons (Fsp3) is 0.231. The van der Waals surface area contributed by atoms with Gasteiger partial charge in [0.25, 0.3) is 0 Å². The minimum atomic E-state index is -0.0647. The molecule has 1 aliphatic heterocycles. The van der Waals surface area contributed by atoms with E-state index < -0.39 is 0 Å². The van der Waals surface area contributed by atoms with Crippen LogP contribution in [0.25, 0.3) is 10.9 Å². The Labute approximate surface area is 112 Å². The number of aromatic amines is 1. The molecule has 1 aromatic heterocycles. The molecule has 2 aromatic rings. The number of nitrogens with zero attached hydrogens (tertiary/aromatic N) is 1. The fourth-order valence-electron chi connectivity index (χ4n) is 2.23. The molecule has 0 radical (unpaired) electrons. The molecule has 0 aliphatic carbocycles. The molecule has 0 spiro atoms. The predicted molar refractivity (Wildman–Crippen MR) is 74.3 cm³/mol. The molecule has 4 nitrogen and oxygen atoms in total. The zero-order valence-corrected chi connectivity index (χ0v) is 11.1. The summed E-state index contributed by atoms with van der Waals surface area (Å²) in [5.74, 6) is 0.605. The summed E-state index contributed by atoms with van der Waals surface area (Å²) in [7, 11) is 0. The van der Waals surface area contributed by atoms with Crippen LogP contribution < -0.4 is 10.3 Å². The quantitative estimate of drug-likeness (QED) is 0.820. The smallest absolute Gasteiger partial charge is 0.229 e. The van der Waals surface area contributed by atoms with Gasteiger partial charge in [0.1, 0.15) is 5.82 Å². The SMILES string of the molecule is O=C1CC(Br)CN1c1cc(=O)c2ccccc2[nH]1. The van der Waals surface area contributed by atoms with Gasteiger partial charge >= 0.3 is 0 Å². The summed E-state index contributed by atoms with van der Waals surface area (Å²) in [5.41, 5.74) is 0.691. The largest absolute Gasteiger partial charge is 0.341 e.